The van der Waals surface area contributed by atoms with Gasteiger partial charge in [0.25, 0.3) is 0 Å². The maximum atomic E-state index is 14.3. The van der Waals surface area contributed by atoms with Crippen LogP contribution in [-0.2, 0) is 18.0 Å². The lowest BCUT2D eigenvalue weighted by Crippen LogP contribution is -1.97. The van der Waals surface area contributed by atoms with Gasteiger partial charge in [0.1, 0.15) is 5.52 Å². The minimum absolute atomic E-state index is 0.324. The quantitative estimate of drug-likeness (QED) is 0.622. The zero-order chi connectivity index (χ0) is 12.7. The van der Waals surface area contributed by atoms with Gasteiger partial charge in [-0.2, -0.15) is 0 Å². The smallest absolute Gasteiger partial charge is 0.188 e. The van der Waals surface area contributed by atoms with Crippen LogP contribution in [0.5, 0.6) is 0 Å². The summed E-state index contributed by atoms with van der Waals surface area (Å²) in [4.78, 5) is 8.55. The van der Waals surface area contributed by atoms with E-state index in [2.05, 4.69) is 25.9 Å². The van der Waals surface area contributed by atoms with Crippen molar-refractivity contribution < 1.29 is 9.13 Å². The van der Waals surface area contributed by atoms with Gasteiger partial charge < -0.3 is 4.74 Å². The Kier molecular flexibility index (Phi) is 3.25. The van der Waals surface area contributed by atoms with Crippen LogP contribution < -0.4 is 0 Å². The second-order valence-corrected chi connectivity index (χ2v) is 5.95. The second kappa shape index (κ2) is 4.75. The Morgan fingerprint density at radius 1 is 1.44 bits per heavy atom. The Hall–Kier alpha value is -0.720. The SMILES string of the molecule is CCSc1ncc2c3c(c(Br)c(F)c2n1)COC3. The first-order chi connectivity index (χ1) is 8.72. The normalized spacial score (nSPS) is 14.2. The molecular weight excluding hydrogens is 319 g/mol. The molecule has 18 heavy (non-hydrogen) atoms. The molecule has 0 unspecified atom stereocenters. The Bertz CT molecular complexity index is 635. The second-order valence-electron chi connectivity index (χ2n) is 3.93. The van der Waals surface area contributed by atoms with Crippen LogP contribution in [0.1, 0.15) is 18.1 Å². The highest BCUT2D eigenvalue weighted by molar-refractivity contribution is 9.10. The van der Waals surface area contributed by atoms with Crippen LogP contribution in [0.15, 0.2) is 15.8 Å². The number of thioether (sulfide) groups is 1. The molecular formula is C12H10BrFN2OS. The van der Waals surface area contributed by atoms with Crippen LogP contribution >= 0.6 is 27.7 Å². The summed E-state index contributed by atoms with van der Waals surface area (Å²) < 4.78 is 20.1. The van der Waals surface area contributed by atoms with Crippen molar-refractivity contribution in [2.75, 3.05) is 5.75 Å². The maximum absolute atomic E-state index is 14.3. The first-order valence-corrected chi connectivity index (χ1v) is 7.36. The van der Waals surface area contributed by atoms with Crippen LogP contribution in [-0.4, -0.2) is 15.7 Å². The predicted molar refractivity (Wildman–Crippen MR) is 72.1 cm³/mol. The van der Waals surface area contributed by atoms with Crippen molar-refractivity contribution in [2.45, 2.75) is 25.3 Å². The van der Waals surface area contributed by atoms with Crippen molar-refractivity contribution in [3.63, 3.8) is 0 Å². The molecule has 1 aliphatic heterocycles. The zero-order valence-corrected chi connectivity index (χ0v) is 12.1. The van der Waals surface area contributed by atoms with E-state index in [1.807, 2.05) is 6.92 Å². The lowest BCUT2D eigenvalue weighted by molar-refractivity contribution is 0.134. The molecule has 0 fully saturated rings. The number of ether oxygens (including phenoxy) is 1. The number of halogens is 2. The first kappa shape index (κ1) is 12.3. The standard InChI is InChI=1S/C12H10BrFN2OS/c1-2-18-12-15-3-6-7-4-17-5-8(7)9(13)10(14)11(6)16-12/h3H,2,4-5H2,1H3. The van der Waals surface area contributed by atoms with Crippen molar-refractivity contribution in [3.8, 4) is 0 Å². The topological polar surface area (TPSA) is 35.0 Å². The highest BCUT2D eigenvalue weighted by atomic mass is 79.9. The molecule has 2 aromatic rings. The molecule has 0 saturated heterocycles. The average molecular weight is 329 g/mol. The third-order valence-corrected chi connectivity index (χ3v) is 4.46. The van der Waals surface area contributed by atoms with E-state index in [9.17, 15) is 4.39 Å². The van der Waals surface area contributed by atoms with Crippen molar-refractivity contribution >= 4 is 38.6 Å². The summed E-state index contributed by atoms with van der Waals surface area (Å²) in [5, 5.41) is 1.36. The third kappa shape index (κ3) is 1.83. The van der Waals surface area contributed by atoms with Gasteiger partial charge in [0.2, 0.25) is 0 Å². The molecule has 0 saturated carbocycles. The van der Waals surface area contributed by atoms with E-state index in [1.54, 1.807) is 6.20 Å². The number of hydrogen-bond acceptors (Lipinski definition) is 4. The summed E-state index contributed by atoms with van der Waals surface area (Å²) in [6, 6.07) is 0. The molecule has 1 aromatic carbocycles. The van der Waals surface area contributed by atoms with E-state index in [0.717, 1.165) is 22.3 Å². The fraction of sp³-hybridized carbons (Fsp3) is 0.333. The van der Waals surface area contributed by atoms with Crippen molar-refractivity contribution in [3.05, 3.63) is 27.6 Å². The van der Waals surface area contributed by atoms with Gasteiger partial charge in [-0.3, -0.25) is 0 Å². The van der Waals surface area contributed by atoms with Crippen LogP contribution in [0.3, 0.4) is 0 Å². The Labute approximate surface area is 116 Å². The summed E-state index contributed by atoms with van der Waals surface area (Å²) in [6.45, 7) is 2.95. The van der Waals surface area contributed by atoms with Gasteiger partial charge in [-0.05, 0) is 27.2 Å². The van der Waals surface area contributed by atoms with Crippen molar-refractivity contribution in [2.24, 2.45) is 0 Å². The van der Waals surface area contributed by atoms with Gasteiger partial charge in [0.15, 0.2) is 11.0 Å². The van der Waals surface area contributed by atoms with E-state index >= 15 is 0 Å². The van der Waals surface area contributed by atoms with Gasteiger partial charge in [-0.1, -0.05) is 18.7 Å². The van der Waals surface area contributed by atoms with Gasteiger partial charge in [0, 0.05) is 17.1 Å². The lowest BCUT2D eigenvalue weighted by atomic mass is 10.1. The van der Waals surface area contributed by atoms with Gasteiger partial charge >= 0.3 is 0 Å². The van der Waals surface area contributed by atoms with Crippen LogP contribution in [0.25, 0.3) is 10.9 Å². The van der Waals surface area contributed by atoms with E-state index in [0.29, 0.717) is 28.4 Å². The van der Waals surface area contributed by atoms with Crippen LogP contribution in [0.4, 0.5) is 4.39 Å². The van der Waals surface area contributed by atoms with Gasteiger partial charge in [-0.15, -0.1) is 0 Å². The number of nitrogens with zero attached hydrogens (tertiary/aromatic N) is 2. The minimum Gasteiger partial charge on any atom is -0.372 e. The van der Waals surface area contributed by atoms with E-state index in [-0.39, 0.29) is 5.82 Å². The third-order valence-electron chi connectivity index (χ3n) is 2.89. The molecule has 2 heterocycles. The molecule has 1 aliphatic rings. The largest absolute Gasteiger partial charge is 0.372 e. The van der Waals surface area contributed by atoms with Crippen molar-refractivity contribution in [1.82, 2.24) is 9.97 Å². The molecule has 3 nitrogen and oxygen atoms in total. The van der Waals surface area contributed by atoms with Crippen LogP contribution in [0.2, 0.25) is 0 Å². The maximum Gasteiger partial charge on any atom is 0.188 e. The fourth-order valence-electron chi connectivity index (χ4n) is 2.05. The summed E-state index contributed by atoms with van der Waals surface area (Å²) in [6.07, 6.45) is 1.70. The molecule has 94 valence electrons. The number of benzene rings is 1. The Morgan fingerprint density at radius 2 is 2.22 bits per heavy atom. The zero-order valence-electron chi connectivity index (χ0n) is 9.67. The molecule has 0 N–H and O–H groups in total. The van der Waals surface area contributed by atoms with E-state index < -0.39 is 0 Å². The van der Waals surface area contributed by atoms with Crippen molar-refractivity contribution in [1.29, 1.82) is 0 Å². The molecule has 0 aliphatic carbocycles. The minimum atomic E-state index is -0.324. The molecule has 0 atom stereocenters. The number of aromatic nitrogens is 2. The number of rotatable bonds is 2. The Balaban J connectivity index is 2.30. The molecule has 1 aromatic heterocycles. The molecule has 3 rings (SSSR count). The highest BCUT2D eigenvalue weighted by Crippen LogP contribution is 2.36. The number of hydrogen-bond donors (Lipinski definition) is 0. The summed E-state index contributed by atoms with van der Waals surface area (Å²) >= 11 is 4.80. The van der Waals surface area contributed by atoms with Gasteiger partial charge in [0.05, 0.1) is 17.7 Å². The summed E-state index contributed by atoms with van der Waals surface area (Å²) in [5.74, 6) is 0.539. The lowest BCUT2D eigenvalue weighted by Gasteiger charge is -2.08. The predicted octanol–water partition coefficient (Wildman–Crippen LogP) is 3.67. The first-order valence-electron chi connectivity index (χ1n) is 5.58. The highest BCUT2D eigenvalue weighted by Gasteiger charge is 2.23. The monoisotopic (exact) mass is 328 g/mol. The molecule has 0 spiro atoms. The van der Waals surface area contributed by atoms with E-state index in [4.69, 9.17) is 4.74 Å². The molecule has 6 heteroatoms. The summed E-state index contributed by atoms with van der Waals surface area (Å²) in [7, 11) is 0. The molecule has 0 bridgehead atoms. The number of fused-ring (bicyclic) bond motifs is 3. The van der Waals surface area contributed by atoms with Gasteiger partial charge in [-0.25, -0.2) is 14.4 Å². The average Bonchev–Trinajstić information content (AvgIpc) is 2.86. The fourth-order valence-corrected chi connectivity index (χ4v) is 3.14. The van der Waals surface area contributed by atoms with Crippen LogP contribution in [0, 0.1) is 5.82 Å². The summed E-state index contributed by atoms with van der Waals surface area (Å²) in [5.41, 5.74) is 2.24. The molecule has 0 radical (unpaired) electrons. The molecule has 0 amide bonds. The van der Waals surface area contributed by atoms with E-state index in [1.165, 1.54) is 11.8 Å². The Morgan fingerprint density at radius 3 is 3.00 bits per heavy atom.